The molecular weight excluding hydrogens is 382 g/mol. The lowest BCUT2D eigenvalue weighted by molar-refractivity contribution is -0.114. The number of hydrogen-bond donors (Lipinski definition) is 3. The summed E-state index contributed by atoms with van der Waals surface area (Å²) < 4.78 is 11.7. The molecule has 0 saturated carbocycles. The van der Waals surface area contributed by atoms with E-state index in [-0.39, 0.29) is 12.0 Å². The summed E-state index contributed by atoms with van der Waals surface area (Å²) in [4.78, 5) is 20.5. The van der Waals surface area contributed by atoms with Crippen molar-refractivity contribution in [1.29, 1.82) is 0 Å². The number of nitrogens with one attached hydrogen (secondary N) is 3. The zero-order valence-corrected chi connectivity index (χ0v) is 17.1. The number of benzene rings is 2. The fraction of sp³-hybridized carbons (Fsp3) is 0.318. The molecule has 3 N–H and O–H groups in total. The van der Waals surface area contributed by atoms with Gasteiger partial charge in [-0.05, 0) is 50.2 Å². The summed E-state index contributed by atoms with van der Waals surface area (Å²) in [6.07, 6.45) is 3.89. The normalized spacial score (nSPS) is 14.3. The van der Waals surface area contributed by atoms with Gasteiger partial charge >= 0.3 is 0 Å². The number of anilines is 3. The third-order valence-corrected chi connectivity index (χ3v) is 4.92. The fourth-order valence-corrected chi connectivity index (χ4v) is 3.48. The summed E-state index contributed by atoms with van der Waals surface area (Å²) in [5, 5.41) is 10.2. The molecule has 0 bridgehead atoms. The minimum atomic E-state index is -0.146. The highest BCUT2D eigenvalue weighted by molar-refractivity contribution is 5.90. The molecule has 3 aromatic rings. The highest BCUT2D eigenvalue weighted by atomic mass is 16.5. The van der Waals surface area contributed by atoms with Gasteiger partial charge in [-0.25, -0.2) is 9.97 Å². The lowest BCUT2D eigenvalue weighted by atomic mass is 10.1. The Labute approximate surface area is 175 Å². The lowest BCUT2D eigenvalue weighted by Crippen LogP contribution is -2.34. The maximum absolute atomic E-state index is 11.4. The van der Waals surface area contributed by atoms with Gasteiger partial charge in [0.2, 0.25) is 11.9 Å². The van der Waals surface area contributed by atoms with Crippen LogP contribution in [0, 0.1) is 0 Å². The van der Waals surface area contributed by atoms with Crippen molar-refractivity contribution in [3.8, 4) is 11.5 Å². The van der Waals surface area contributed by atoms with Crippen LogP contribution in [0.15, 0.2) is 42.6 Å². The molecule has 8 heteroatoms. The number of para-hydroxylation sites is 1. The molecule has 1 aliphatic rings. The molecule has 0 spiro atoms. The van der Waals surface area contributed by atoms with Crippen LogP contribution in [-0.4, -0.2) is 42.2 Å². The van der Waals surface area contributed by atoms with Crippen LogP contribution in [-0.2, 0) is 4.79 Å². The SMILES string of the molecule is COc1ccc(NC(C)=O)cc1Nc1ncc2cccc(OC3CCNCC3)c2n1. The maximum Gasteiger partial charge on any atom is 0.227 e. The number of hydrogen-bond acceptors (Lipinski definition) is 7. The van der Waals surface area contributed by atoms with Crippen LogP contribution >= 0.6 is 0 Å². The van der Waals surface area contributed by atoms with E-state index in [1.807, 2.05) is 18.2 Å². The lowest BCUT2D eigenvalue weighted by Gasteiger charge is -2.24. The van der Waals surface area contributed by atoms with Gasteiger partial charge in [0.1, 0.15) is 23.1 Å². The van der Waals surface area contributed by atoms with Crippen LogP contribution in [0.2, 0.25) is 0 Å². The van der Waals surface area contributed by atoms with Crippen LogP contribution in [0.5, 0.6) is 11.5 Å². The molecule has 1 aromatic heterocycles. The van der Waals surface area contributed by atoms with Gasteiger partial charge in [-0.15, -0.1) is 0 Å². The summed E-state index contributed by atoms with van der Waals surface area (Å²) in [5.74, 6) is 1.64. The van der Waals surface area contributed by atoms with Crippen molar-refractivity contribution in [3.63, 3.8) is 0 Å². The largest absolute Gasteiger partial charge is 0.495 e. The molecule has 0 radical (unpaired) electrons. The predicted molar refractivity (Wildman–Crippen MR) is 117 cm³/mol. The van der Waals surface area contributed by atoms with Gasteiger partial charge in [-0.3, -0.25) is 4.79 Å². The summed E-state index contributed by atoms with van der Waals surface area (Å²) in [6.45, 7) is 3.39. The van der Waals surface area contributed by atoms with Gasteiger partial charge in [-0.2, -0.15) is 0 Å². The van der Waals surface area contributed by atoms with Crippen molar-refractivity contribution >= 4 is 34.1 Å². The molecule has 0 unspecified atom stereocenters. The smallest absolute Gasteiger partial charge is 0.227 e. The van der Waals surface area contributed by atoms with Crippen molar-refractivity contribution < 1.29 is 14.3 Å². The number of piperidine rings is 1. The first-order valence-corrected chi connectivity index (χ1v) is 9.98. The van der Waals surface area contributed by atoms with E-state index in [9.17, 15) is 4.79 Å². The Hall–Kier alpha value is -3.39. The Bertz CT molecular complexity index is 1050. The summed E-state index contributed by atoms with van der Waals surface area (Å²) in [6, 6.07) is 11.2. The summed E-state index contributed by atoms with van der Waals surface area (Å²) >= 11 is 0. The molecule has 0 atom stereocenters. The standard InChI is InChI=1S/C22H25N5O3/c1-14(28)25-16-6-7-19(29-2)18(12-16)26-22-24-13-15-4-3-5-20(21(15)27-22)30-17-8-10-23-11-9-17/h3-7,12-13,17,23H,8-11H2,1-2H3,(H,25,28)(H,24,26,27). The van der Waals surface area contributed by atoms with E-state index in [0.29, 0.717) is 23.1 Å². The number of carbonyl (C=O) groups excluding carboxylic acids is 1. The second-order valence-electron chi connectivity index (χ2n) is 7.18. The summed E-state index contributed by atoms with van der Waals surface area (Å²) in [7, 11) is 1.59. The molecule has 1 amide bonds. The minimum Gasteiger partial charge on any atom is -0.495 e. The second kappa shape index (κ2) is 8.96. The zero-order chi connectivity index (χ0) is 20.9. The monoisotopic (exact) mass is 407 g/mol. The average molecular weight is 407 g/mol. The van der Waals surface area contributed by atoms with E-state index < -0.39 is 0 Å². The number of nitrogens with zero attached hydrogens (tertiary/aromatic N) is 2. The molecule has 30 heavy (non-hydrogen) atoms. The van der Waals surface area contributed by atoms with Gasteiger partial charge in [0, 0.05) is 24.2 Å². The van der Waals surface area contributed by atoms with Gasteiger partial charge < -0.3 is 25.4 Å². The third-order valence-electron chi connectivity index (χ3n) is 4.92. The van der Waals surface area contributed by atoms with Crippen LogP contribution in [0.4, 0.5) is 17.3 Å². The van der Waals surface area contributed by atoms with E-state index in [0.717, 1.165) is 42.6 Å². The Morgan fingerprint density at radius 1 is 1.17 bits per heavy atom. The number of rotatable bonds is 6. The van der Waals surface area contributed by atoms with E-state index in [1.54, 1.807) is 31.5 Å². The first kappa shape index (κ1) is 19.9. The van der Waals surface area contributed by atoms with Crippen molar-refractivity contribution in [2.24, 2.45) is 0 Å². The molecule has 1 saturated heterocycles. The maximum atomic E-state index is 11.4. The van der Waals surface area contributed by atoms with Crippen molar-refractivity contribution in [3.05, 3.63) is 42.6 Å². The molecule has 1 aliphatic heterocycles. The second-order valence-corrected chi connectivity index (χ2v) is 7.18. The molecule has 4 rings (SSSR count). The highest BCUT2D eigenvalue weighted by Gasteiger charge is 2.17. The van der Waals surface area contributed by atoms with Crippen LogP contribution < -0.4 is 25.4 Å². The minimum absolute atomic E-state index is 0.146. The van der Waals surface area contributed by atoms with Gasteiger partial charge in [-0.1, -0.05) is 12.1 Å². The van der Waals surface area contributed by atoms with Crippen molar-refractivity contribution in [1.82, 2.24) is 15.3 Å². The van der Waals surface area contributed by atoms with Crippen molar-refractivity contribution in [2.75, 3.05) is 30.8 Å². The fourth-order valence-electron chi connectivity index (χ4n) is 3.48. The zero-order valence-electron chi connectivity index (χ0n) is 17.1. The Balaban J connectivity index is 1.63. The Morgan fingerprint density at radius 3 is 2.77 bits per heavy atom. The van der Waals surface area contributed by atoms with Crippen LogP contribution in [0.1, 0.15) is 19.8 Å². The molecular formula is C22H25N5O3. The first-order valence-electron chi connectivity index (χ1n) is 9.98. The third kappa shape index (κ3) is 4.60. The van der Waals surface area contributed by atoms with Crippen LogP contribution in [0.3, 0.4) is 0 Å². The molecule has 0 aliphatic carbocycles. The Morgan fingerprint density at radius 2 is 2.00 bits per heavy atom. The number of ether oxygens (including phenoxy) is 2. The van der Waals surface area contributed by atoms with E-state index >= 15 is 0 Å². The summed E-state index contributed by atoms with van der Waals surface area (Å²) in [5.41, 5.74) is 2.06. The number of amides is 1. The Kier molecular flexibility index (Phi) is 5.94. The molecule has 1 fully saturated rings. The number of aromatic nitrogens is 2. The van der Waals surface area contributed by atoms with E-state index in [4.69, 9.17) is 14.5 Å². The number of methoxy groups -OCH3 is 1. The topological polar surface area (TPSA) is 97.4 Å². The van der Waals surface area contributed by atoms with E-state index in [1.165, 1.54) is 6.92 Å². The van der Waals surface area contributed by atoms with Gasteiger partial charge in [0.25, 0.3) is 0 Å². The highest BCUT2D eigenvalue weighted by Crippen LogP contribution is 2.31. The van der Waals surface area contributed by atoms with Crippen molar-refractivity contribution in [2.45, 2.75) is 25.9 Å². The van der Waals surface area contributed by atoms with E-state index in [2.05, 4.69) is 20.9 Å². The number of fused-ring (bicyclic) bond motifs is 1. The quantitative estimate of drug-likeness (QED) is 0.576. The van der Waals surface area contributed by atoms with Crippen LogP contribution in [0.25, 0.3) is 10.9 Å². The van der Waals surface area contributed by atoms with Gasteiger partial charge in [0.15, 0.2) is 0 Å². The molecule has 156 valence electrons. The molecule has 8 nitrogen and oxygen atoms in total. The first-order chi connectivity index (χ1) is 14.6. The molecule has 2 aromatic carbocycles. The van der Waals surface area contributed by atoms with Gasteiger partial charge in [0.05, 0.1) is 12.8 Å². The predicted octanol–water partition coefficient (Wildman–Crippen LogP) is 3.47. The average Bonchev–Trinajstić information content (AvgIpc) is 2.75. The number of carbonyl (C=O) groups is 1. The molecule has 2 heterocycles.